The second-order valence-corrected chi connectivity index (χ2v) is 6.67. The van der Waals surface area contributed by atoms with Gasteiger partial charge in [0.2, 0.25) is 0 Å². The fourth-order valence-corrected chi connectivity index (χ4v) is 3.13. The van der Waals surface area contributed by atoms with Crippen molar-refractivity contribution in [1.29, 1.82) is 0 Å². The van der Waals surface area contributed by atoms with Gasteiger partial charge in [-0.1, -0.05) is 0 Å². The Morgan fingerprint density at radius 3 is 2.86 bits per heavy atom. The maximum atomic E-state index is 4.80. The second-order valence-electron chi connectivity index (χ2n) is 6.67. The van der Waals surface area contributed by atoms with E-state index in [1.807, 2.05) is 29.5 Å². The van der Waals surface area contributed by atoms with E-state index in [-0.39, 0.29) is 0 Å². The van der Waals surface area contributed by atoms with E-state index >= 15 is 0 Å². The topological polar surface area (TPSA) is 46.8 Å². The van der Waals surface area contributed by atoms with Gasteiger partial charge in [0.15, 0.2) is 0 Å². The molecule has 0 amide bonds. The van der Waals surface area contributed by atoms with Crippen molar-refractivity contribution in [1.82, 2.24) is 24.6 Å². The van der Waals surface area contributed by atoms with Crippen LogP contribution in [0.3, 0.4) is 0 Å². The smallest absolute Gasteiger partial charge is 0.0920 e. The Labute approximate surface area is 132 Å². The number of hydrogen-bond donors (Lipinski definition) is 0. The van der Waals surface area contributed by atoms with Crippen LogP contribution in [0, 0.1) is 5.92 Å². The quantitative estimate of drug-likeness (QED) is 0.871. The van der Waals surface area contributed by atoms with Crippen molar-refractivity contribution in [2.45, 2.75) is 39.2 Å². The first-order chi connectivity index (χ1) is 10.6. The molecular formula is C17H25N5. The number of rotatable bonds is 4. The lowest BCUT2D eigenvalue weighted by Crippen LogP contribution is -2.33. The number of likely N-dealkylation sites (tertiary alicyclic amines) is 1. The van der Waals surface area contributed by atoms with Crippen molar-refractivity contribution < 1.29 is 0 Å². The standard InChI is InChI=1S/C17H25N5/c1-13(2)22-12-15(8-19-22)17-10-18-9-16(20-17)7-14-5-4-6-21(3)11-14/h8-10,12-14H,4-7,11H2,1-3H3/t14-/m1/s1. The monoisotopic (exact) mass is 299 g/mol. The normalized spacial score (nSPS) is 19.7. The average Bonchev–Trinajstić information content (AvgIpc) is 2.97. The van der Waals surface area contributed by atoms with Crippen LogP contribution in [0.5, 0.6) is 0 Å². The Hall–Kier alpha value is -1.75. The maximum absolute atomic E-state index is 4.80. The molecule has 0 saturated carbocycles. The van der Waals surface area contributed by atoms with Crippen molar-refractivity contribution in [3.05, 3.63) is 30.5 Å². The summed E-state index contributed by atoms with van der Waals surface area (Å²) in [7, 11) is 2.20. The highest BCUT2D eigenvalue weighted by molar-refractivity contribution is 5.55. The van der Waals surface area contributed by atoms with Gasteiger partial charge in [-0.2, -0.15) is 5.10 Å². The molecule has 2 aromatic heterocycles. The van der Waals surface area contributed by atoms with Crippen LogP contribution in [0.4, 0.5) is 0 Å². The van der Waals surface area contributed by atoms with Gasteiger partial charge in [-0.05, 0) is 52.6 Å². The molecule has 1 aliphatic rings. The zero-order valence-corrected chi connectivity index (χ0v) is 13.7. The third-order valence-corrected chi connectivity index (χ3v) is 4.33. The van der Waals surface area contributed by atoms with Crippen LogP contribution in [0.1, 0.15) is 38.4 Å². The van der Waals surface area contributed by atoms with Gasteiger partial charge in [0.1, 0.15) is 0 Å². The van der Waals surface area contributed by atoms with E-state index in [2.05, 4.69) is 35.9 Å². The van der Waals surface area contributed by atoms with Crippen molar-refractivity contribution in [2.24, 2.45) is 5.92 Å². The van der Waals surface area contributed by atoms with E-state index < -0.39 is 0 Å². The van der Waals surface area contributed by atoms with Crippen molar-refractivity contribution in [2.75, 3.05) is 20.1 Å². The molecule has 0 unspecified atom stereocenters. The molecule has 2 aromatic rings. The molecule has 118 valence electrons. The van der Waals surface area contributed by atoms with Crippen LogP contribution in [-0.4, -0.2) is 44.8 Å². The summed E-state index contributed by atoms with van der Waals surface area (Å²) in [6, 6.07) is 0.364. The summed E-state index contributed by atoms with van der Waals surface area (Å²) in [4.78, 5) is 11.6. The molecule has 5 heteroatoms. The summed E-state index contributed by atoms with van der Waals surface area (Å²) < 4.78 is 1.96. The molecule has 0 aliphatic carbocycles. The number of aromatic nitrogens is 4. The number of nitrogens with zero attached hydrogens (tertiary/aromatic N) is 5. The highest BCUT2D eigenvalue weighted by Crippen LogP contribution is 2.21. The van der Waals surface area contributed by atoms with Crippen LogP contribution < -0.4 is 0 Å². The van der Waals surface area contributed by atoms with E-state index in [9.17, 15) is 0 Å². The van der Waals surface area contributed by atoms with Gasteiger partial charge in [-0.3, -0.25) is 9.67 Å². The zero-order chi connectivity index (χ0) is 15.5. The van der Waals surface area contributed by atoms with Crippen LogP contribution in [0.15, 0.2) is 24.8 Å². The SMILES string of the molecule is CC(C)n1cc(-c2cncc(C[C@H]3CCCN(C)C3)n2)cn1. The molecule has 0 bridgehead atoms. The Kier molecular flexibility index (Phi) is 4.52. The molecule has 1 aliphatic heterocycles. The molecule has 0 radical (unpaired) electrons. The molecule has 0 N–H and O–H groups in total. The minimum atomic E-state index is 0.364. The van der Waals surface area contributed by atoms with Gasteiger partial charge in [0.25, 0.3) is 0 Å². The Bertz CT molecular complexity index is 619. The lowest BCUT2D eigenvalue weighted by atomic mass is 9.94. The largest absolute Gasteiger partial charge is 0.306 e. The molecule has 1 atom stereocenters. The summed E-state index contributed by atoms with van der Waals surface area (Å²) in [6.07, 6.45) is 11.3. The molecule has 5 nitrogen and oxygen atoms in total. The first-order valence-corrected chi connectivity index (χ1v) is 8.16. The van der Waals surface area contributed by atoms with E-state index in [4.69, 9.17) is 4.98 Å². The minimum absolute atomic E-state index is 0.364. The van der Waals surface area contributed by atoms with E-state index in [1.165, 1.54) is 19.4 Å². The fourth-order valence-electron chi connectivity index (χ4n) is 3.13. The molecular weight excluding hydrogens is 274 g/mol. The van der Waals surface area contributed by atoms with Crippen molar-refractivity contribution in [3.8, 4) is 11.3 Å². The zero-order valence-electron chi connectivity index (χ0n) is 13.7. The Morgan fingerprint density at radius 1 is 1.27 bits per heavy atom. The second kappa shape index (κ2) is 6.57. The summed E-state index contributed by atoms with van der Waals surface area (Å²) in [5.41, 5.74) is 3.06. The van der Waals surface area contributed by atoms with Gasteiger partial charge < -0.3 is 4.90 Å². The highest BCUT2D eigenvalue weighted by atomic mass is 15.3. The van der Waals surface area contributed by atoms with Gasteiger partial charge in [-0.25, -0.2) is 4.98 Å². The van der Waals surface area contributed by atoms with Crippen LogP contribution in [-0.2, 0) is 6.42 Å². The fraction of sp³-hybridized carbons (Fsp3) is 0.588. The lowest BCUT2D eigenvalue weighted by molar-refractivity contribution is 0.208. The Balaban J connectivity index is 1.74. The van der Waals surface area contributed by atoms with Gasteiger partial charge in [-0.15, -0.1) is 0 Å². The molecule has 22 heavy (non-hydrogen) atoms. The average molecular weight is 299 g/mol. The maximum Gasteiger partial charge on any atom is 0.0920 e. The molecule has 0 spiro atoms. The van der Waals surface area contributed by atoms with Gasteiger partial charge in [0.05, 0.1) is 23.8 Å². The van der Waals surface area contributed by atoms with Crippen molar-refractivity contribution >= 4 is 0 Å². The predicted octanol–water partition coefficient (Wildman–Crippen LogP) is 2.81. The first kappa shape index (κ1) is 15.2. The molecule has 3 rings (SSSR count). The van der Waals surface area contributed by atoms with Crippen LogP contribution in [0.25, 0.3) is 11.3 Å². The minimum Gasteiger partial charge on any atom is -0.306 e. The van der Waals surface area contributed by atoms with E-state index in [0.29, 0.717) is 12.0 Å². The summed E-state index contributed by atoms with van der Waals surface area (Å²) in [5.74, 6) is 0.696. The molecule has 1 saturated heterocycles. The summed E-state index contributed by atoms with van der Waals surface area (Å²) >= 11 is 0. The van der Waals surface area contributed by atoms with Crippen molar-refractivity contribution in [3.63, 3.8) is 0 Å². The first-order valence-electron chi connectivity index (χ1n) is 8.16. The molecule has 3 heterocycles. The predicted molar refractivity (Wildman–Crippen MR) is 87.6 cm³/mol. The van der Waals surface area contributed by atoms with Crippen LogP contribution >= 0.6 is 0 Å². The Morgan fingerprint density at radius 2 is 2.14 bits per heavy atom. The summed E-state index contributed by atoms with van der Waals surface area (Å²) in [6.45, 7) is 6.63. The highest BCUT2D eigenvalue weighted by Gasteiger charge is 2.18. The van der Waals surface area contributed by atoms with Gasteiger partial charge >= 0.3 is 0 Å². The van der Waals surface area contributed by atoms with E-state index in [0.717, 1.165) is 29.9 Å². The molecule has 1 fully saturated rings. The van der Waals surface area contributed by atoms with Crippen LogP contribution in [0.2, 0.25) is 0 Å². The number of piperidine rings is 1. The van der Waals surface area contributed by atoms with Gasteiger partial charge in [0, 0.05) is 30.5 Å². The third-order valence-electron chi connectivity index (χ3n) is 4.33. The third kappa shape index (κ3) is 3.53. The lowest BCUT2D eigenvalue weighted by Gasteiger charge is -2.29. The number of hydrogen-bond acceptors (Lipinski definition) is 4. The van der Waals surface area contributed by atoms with E-state index in [1.54, 1.807) is 0 Å². The summed E-state index contributed by atoms with van der Waals surface area (Å²) in [5, 5.41) is 4.39. The molecule has 0 aromatic carbocycles.